The molecule has 0 aromatic carbocycles. The predicted octanol–water partition coefficient (Wildman–Crippen LogP) is 3.18. The highest BCUT2D eigenvalue weighted by molar-refractivity contribution is 5.26. The van der Waals surface area contributed by atoms with Gasteiger partial charge in [-0.05, 0) is 31.7 Å². The van der Waals surface area contributed by atoms with E-state index in [-0.39, 0.29) is 0 Å². The van der Waals surface area contributed by atoms with Gasteiger partial charge in [0, 0.05) is 24.4 Å². The van der Waals surface area contributed by atoms with E-state index >= 15 is 0 Å². The van der Waals surface area contributed by atoms with E-state index in [2.05, 4.69) is 44.6 Å². The first-order valence-corrected chi connectivity index (χ1v) is 8.49. The Bertz CT molecular complexity index is 399. The van der Waals surface area contributed by atoms with E-state index in [9.17, 15) is 0 Å². The molecule has 0 bridgehead atoms. The van der Waals surface area contributed by atoms with Crippen LogP contribution < -0.4 is 5.32 Å². The summed E-state index contributed by atoms with van der Waals surface area (Å²) in [6.07, 6.45) is 3.10. The maximum atomic E-state index is 5.61. The molecule has 0 fully saturated rings. The Morgan fingerprint density at radius 1 is 1.14 bits per heavy atom. The summed E-state index contributed by atoms with van der Waals surface area (Å²) in [6, 6.07) is 0. The molecule has 1 aromatic rings. The first kappa shape index (κ1) is 18.2. The summed E-state index contributed by atoms with van der Waals surface area (Å²) in [7, 11) is 0. The Hall–Kier alpha value is -0.870. The van der Waals surface area contributed by atoms with Crippen molar-refractivity contribution in [1.29, 1.82) is 0 Å². The molecule has 4 nitrogen and oxygen atoms in total. The normalized spacial score (nSPS) is 11.5. The highest BCUT2D eigenvalue weighted by Crippen LogP contribution is 2.16. The molecule has 21 heavy (non-hydrogen) atoms. The smallest absolute Gasteiger partial charge is 0.0669 e. The molecule has 122 valence electrons. The summed E-state index contributed by atoms with van der Waals surface area (Å²) in [5.41, 5.74) is 4.00. The van der Waals surface area contributed by atoms with Crippen LogP contribution in [0.1, 0.15) is 58.0 Å². The molecule has 4 heteroatoms. The third-order valence-corrected chi connectivity index (χ3v) is 3.57. The number of ether oxygens (including phenoxy) is 1. The Kier molecular flexibility index (Phi) is 8.62. The van der Waals surface area contributed by atoms with Gasteiger partial charge in [0.05, 0.1) is 18.8 Å². The number of aryl methyl sites for hydroxylation is 1. The fourth-order valence-electron chi connectivity index (χ4n) is 2.54. The van der Waals surface area contributed by atoms with Crippen LogP contribution in [-0.2, 0) is 30.7 Å². The number of rotatable bonds is 11. The molecule has 1 aromatic heterocycles. The van der Waals surface area contributed by atoms with Crippen LogP contribution in [0.4, 0.5) is 0 Å². The van der Waals surface area contributed by atoms with Crippen molar-refractivity contribution in [3.8, 4) is 0 Å². The fourth-order valence-corrected chi connectivity index (χ4v) is 2.54. The van der Waals surface area contributed by atoms with Gasteiger partial charge in [-0.15, -0.1) is 0 Å². The Labute approximate surface area is 130 Å². The molecule has 0 saturated heterocycles. The number of nitrogens with zero attached hydrogens (tertiary/aromatic N) is 2. The summed E-state index contributed by atoms with van der Waals surface area (Å²) in [5, 5.41) is 8.35. The van der Waals surface area contributed by atoms with Crippen LogP contribution in [-0.4, -0.2) is 29.5 Å². The van der Waals surface area contributed by atoms with Crippen LogP contribution in [0.15, 0.2) is 0 Å². The molecule has 0 radical (unpaired) electrons. The number of nitrogens with one attached hydrogen (secondary N) is 1. The minimum absolute atomic E-state index is 0.678. The Morgan fingerprint density at radius 3 is 2.48 bits per heavy atom. The van der Waals surface area contributed by atoms with Gasteiger partial charge in [0.15, 0.2) is 0 Å². The summed E-state index contributed by atoms with van der Waals surface area (Å²) in [5.74, 6) is 0.678. The lowest BCUT2D eigenvalue weighted by Gasteiger charge is -2.10. The first-order valence-electron chi connectivity index (χ1n) is 8.49. The van der Waals surface area contributed by atoms with Crippen LogP contribution in [0, 0.1) is 5.92 Å². The van der Waals surface area contributed by atoms with Crippen LogP contribution in [0.25, 0.3) is 0 Å². The monoisotopic (exact) mass is 295 g/mol. The summed E-state index contributed by atoms with van der Waals surface area (Å²) >= 11 is 0. The van der Waals surface area contributed by atoms with E-state index in [1.165, 1.54) is 17.0 Å². The van der Waals surface area contributed by atoms with E-state index in [4.69, 9.17) is 9.84 Å². The van der Waals surface area contributed by atoms with Crippen molar-refractivity contribution in [1.82, 2.24) is 15.1 Å². The molecule has 1 N–H and O–H groups in total. The van der Waals surface area contributed by atoms with Gasteiger partial charge in [-0.2, -0.15) is 5.10 Å². The van der Waals surface area contributed by atoms with Crippen LogP contribution >= 0.6 is 0 Å². The molecule has 0 spiro atoms. The van der Waals surface area contributed by atoms with Crippen molar-refractivity contribution in [3.05, 3.63) is 17.0 Å². The van der Waals surface area contributed by atoms with Crippen molar-refractivity contribution in [2.24, 2.45) is 5.92 Å². The van der Waals surface area contributed by atoms with Gasteiger partial charge in [0.2, 0.25) is 0 Å². The van der Waals surface area contributed by atoms with E-state index < -0.39 is 0 Å². The van der Waals surface area contributed by atoms with E-state index in [1.54, 1.807) is 0 Å². The predicted molar refractivity (Wildman–Crippen MR) is 88.6 cm³/mol. The first-order chi connectivity index (χ1) is 10.1. The topological polar surface area (TPSA) is 39.1 Å². The lowest BCUT2D eigenvalue weighted by molar-refractivity contribution is 0.123. The van der Waals surface area contributed by atoms with Crippen LogP contribution in [0.2, 0.25) is 0 Å². The molecule has 1 heterocycles. The Morgan fingerprint density at radius 2 is 1.90 bits per heavy atom. The van der Waals surface area contributed by atoms with Gasteiger partial charge in [-0.1, -0.05) is 34.6 Å². The molecule has 0 unspecified atom stereocenters. The summed E-state index contributed by atoms with van der Waals surface area (Å²) < 4.78 is 7.76. The lowest BCUT2D eigenvalue weighted by atomic mass is 10.1. The molecule has 0 aliphatic carbocycles. The second-order valence-electron chi connectivity index (χ2n) is 5.94. The van der Waals surface area contributed by atoms with Gasteiger partial charge < -0.3 is 10.1 Å². The zero-order valence-electron chi connectivity index (χ0n) is 14.5. The third kappa shape index (κ3) is 5.79. The minimum Gasteiger partial charge on any atom is -0.380 e. The van der Waals surface area contributed by atoms with Crippen molar-refractivity contribution in [3.63, 3.8) is 0 Å². The second kappa shape index (κ2) is 9.96. The lowest BCUT2D eigenvalue weighted by Crippen LogP contribution is -2.20. The largest absolute Gasteiger partial charge is 0.380 e. The molecule has 0 aliphatic rings. The highest BCUT2D eigenvalue weighted by Gasteiger charge is 2.15. The van der Waals surface area contributed by atoms with Gasteiger partial charge >= 0.3 is 0 Å². The highest BCUT2D eigenvalue weighted by atomic mass is 16.5. The number of hydrogen-bond donors (Lipinski definition) is 1. The van der Waals surface area contributed by atoms with E-state index in [1.807, 2.05) is 0 Å². The van der Waals surface area contributed by atoms with Crippen molar-refractivity contribution in [2.75, 3.05) is 19.8 Å². The SMILES string of the molecule is CCCOCCn1nc(CC)c(CNCC(C)C)c1CC. The molecule has 0 atom stereocenters. The summed E-state index contributed by atoms with van der Waals surface area (Å²) in [4.78, 5) is 0. The van der Waals surface area contributed by atoms with Crippen LogP contribution in [0.5, 0.6) is 0 Å². The molecule has 1 rings (SSSR count). The maximum Gasteiger partial charge on any atom is 0.0669 e. The van der Waals surface area contributed by atoms with Gasteiger partial charge in [0.25, 0.3) is 0 Å². The average Bonchev–Trinajstić information content (AvgIpc) is 2.80. The molecule has 0 saturated carbocycles. The quantitative estimate of drug-likeness (QED) is 0.637. The van der Waals surface area contributed by atoms with Gasteiger partial charge in [0.1, 0.15) is 0 Å². The molecule has 0 aliphatic heterocycles. The third-order valence-electron chi connectivity index (χ3n) is 3.57. The molecular weight excluding hydrogens is 262 g/mol. The second-order valence-corrected chi connectivity index (χ2v) is 5.94. The maximum absolute atomic E-state index is 5.61. The number of aromatic nitrogens is 2. The van der Waals surface area contributed by atoms with E-state index in [0.717, 1.165) is 52.1 Å². The van der Waals surface area contributed by atoms with Crippen molar-refractivity contribution < 1.29 is 4.74 Å². The van der Waals surface area contributed by atoms with Gasteiger partial charge in [-0.25, -0.2) is 0 Å². The standard InChI is InChI=1S/C17H33N3O/c1-6-10-21-11-9-20-17(8-3)15(16(7-2)19-20)13-18-12-14(4)5/h14,18H,6-13H2,1-5H3. The number of hydrogen-bond acceptors (Lipinski definition) is 3. The molecule has 0 amide bonds. The zero-order valence-corrected chi connectivity index (χ0v) is 14.5. The van der Waals surface area contributed by atoms with Gasteiger partial charge in [-0.3, -0.25) is 4.68 Å². The zero-order chi connectivity index (χ0) is 15.7. The Balaban J connectivity index is 2.72. The molecular formula is C17H33N3O. The van der Waals surface area contributed by atoms with Crippen molar-refractivity contribution >= 4 is 0 Å². The summed E-state index contributed by atoms with van der Waals surface area (Å²) in [6.45, 7) is 15.5. The van der Waals surface area contributed by atoms with E-state index in [0.29, 0.717) is 5.92 Å². The fraction of sp³-hybridized carbons (Fsp3) is 0.824. The van der Waals surface area contributed by atoms with Crippen LogP contribution in [0.3, 0.4) is 0 Å². The average molecular weight is 295 g/mol. The minimum atomic E-state index is 0.678. The van der Waals surface area contributed by atoms with Crippen molar-refractivity contribution in [2.45, 2.75) is 67.0 Å².